The van der Waals surface area contributed by atoms with Crippen molar-refractivity contribution in [3.8, 4) is 17.2 Å². The van der Waals surface area contributed by atoms with Crippen molar-refractivity contribution in [1.29, 1.82) is 0 Å². The second-order valence-electron chi connectivity index (χ2n) is 12.6. The van der Waals surface area contributed by atoms with Crippen molar-refractivity contribution in [2.75, 3.05) is 0 Å². The van der Waals surface area contributed by atoms with E-state index in [0.29, 0.717) is 5.92 Å². The first kappa shape index (κ1) is 26.6. The largest absolute Gasteiger partial charge is 1.20 e. The van der Waals surface area contributed by atoms with Crippen molar-refractivity contribution < 1.29 is 11.4 Å². The lowest BCUT2D eigenvalue weighted by Gasteiger charge is -2.32. The van der Waals surface area contributed by atoms with Crippen molar-refractivity contribution in [2.45, 2.75) is 92.4 Å². The number of benzene rings is 3. The summed E-state index contributed by atoms with van der Waals surface area (Å²) in [4.78, 5) is 0. The highest BCUT2D eigenvalue weighted by molar-refractivity contribution is 6.39. The number of rotatable bonds is 3. The second kappa shape index (κ2) is 9.81. The Balaban J connectivity index is 1.94. The molecule has 1 aliphatic heterocycles. The molecule has 0 unspecified atom stereocenters. The lowest BCUT2D eigenvalue weighted by molar-refractivity contribution is 0.293. The van der Waals surface area contributed by atoms with Crippen LogP contribution in [0.5, 0.6) is 17.2 Å². The van der Waals surface area contributed by atoms with E-state index in [1.54, 1.807) is 0 Å². The van der Waals surface area contributed by atoms with Gasteiger partial charge in [0.05, 0.1) is 17.2 Å². The Bertz CT molecular complexity index is 1190. The van der Waals surface area contributed by atoms with Crippen LogP contribution in [0, 0.1) is 13.8 Å². The summed E-state index contributed by atoms with van der Waals surface area (Å²) in [5.74, 6) is 3.04. The monoisotopic (exact) mass is 500 g/mol. The fourth-order valence-corrected chi connectivity index (χ4v) is 6.50. The predicted octanol–water partition coefficient (Wildman–Crippen LogP) is 8.45. The van der Waals surface area contributed by atoms with Gasteiger partial charge in [0.25, 0.3) is 0 Å². The van der Waals surface area contributed by atoms with Crippen LogP contribution in [0.1, 0.15) is 100 Å². The number of aryl methyl sites for hydroxylation is 2. The van der Waals surface area contributed by atoms with Gasteiger partial charge < -0.3 is 11.4 Å². The van der Waals surface area contributed by atoms with Crippen LogP contribution in [-0.2, 0) is 17.3 Å². The van der Waals surface area contributed by atoms with Gasteiger partial charge in [-0.05, 0) is 64.5 Å². The Morgan fingerprint density at radius 3 is 1.67 bits per heavy atom. The molecule has 0 aliphatic carbocycles. The Labute approximate surface area is 223 Å². The summed E-state index contributed by atoms with van der Waals surface area (Å²) in [6.07, 6.45) is 0.768. The van der Waals surface area contributed by atoms with E-state index in [1.165, 1.54) is 38.9 Å². The number of para-hydroxylation sites is 1. The minimum Gasteiger partial charge on any atom is -0.577 e. The summed E-state index contributed by atoms with van der Waals surface area (Å²) in [5.41, 5.74) is 8.32. The molecule has 3 aromatic carbocycles. The van der Waals surface area contributed by atoms with Crippen LogP contribution in [0.15, 0.2) is 48.5 Å². The fraction of sp³-hybridized carbons (Fsp3) is 0.438. The molecule has 0 bridgehead atoms. The van der Waals surface area contributed by atoms with Gasteiger partial charge in [-0.3, -0.25) is 0 Å². The van der Waals surface area contributed by atoms with E-state index in [-0.39, 0.29) is 10.8 Å². The van der Waals surface area contributed by atoms with Gasteiger partial charge in [0.15, 0.2) is 0 Å². The third kappa shape index (κ3) is 5.61. The number of fused-ring (bicyclic) bond motifs is 2. The van der Waals surface area contributed by atoms with Crippen LogP contribution in [-0.4, -0.2) is 15.1 Å². The smallest absolute Gasteiger partial charge is 0.577 e. The zero-order valence-corrected chi connectivity index (χ0v) is 24.9. The van der Waals surface area contributed by atoms with Gasteiger partial charge >= 0.3 is 15.1 Å². The predicted molar refractivity (Wildman–Crippen MR) is 151 cm³/mol. The van der Waals surface area contributed by atoms with Crippen LogP contribution in [0.2, 0.25) is 0 Å². The molecule has 3 aromatic rings. The molecule has 4 heteroatoms. The highest BCUT2D eigenvalue weighted by Gasteiger charge is 2.48. The maximum atomic E-state index is 6.84. The normalized spacial score (nSPS) is 13.8. The first-order chi connectivity index (χ1) is 16.7. The molecule has 4 rings (SSSR count). The molecule has 0 fully saturated rings. The van der Waals surface area contributed by atoms with Crippen molar-refractivity contribution >= 4 is 15.1 Å². The molecule has 0 amide bonds. The summed E-state index contributed by atoms with van der Waals surface area (Å²) in [7, 11) is 0. The molecule has 0 radical (unpaired) electrons. The van der Waals surface area contributed by atoms with E-state index in [2.05, 4.69) is 106 Å². The van der Waals surface area contributed by atoms with E-state index < -0.39 is 15.1 Å². The van der Waals surface area contributed by atoms with Crippen LogP contribution < -0.4 is 11.4 Å². The summed E-state index contributed by atoms with van der Waals surface area (Å²) >= 11 is -2.70. The summed E-state index contributed by atoms with van der Waals surface area (Å²) in [6, 6.07) is 17.3. The quantitative estimate of drug-likeness (QED) is 0.338. The van der Waals surface area contributed by atoms with Gasteiger partial charge in [0, 0.05) is 6.42 Å². The summed E-state index contributed by atoms with van der Waals surface area (Å²) in [5, 5.41) is 0. The van der Waals surface area contributed by atoms with Crippen molar-refractivity contribution in [3.05, 3.63) is 87.5 Å². The summed E-state index contributed by atoms with van der Waals surface area (Å²) in [6.45, 7) is 22.2. The first-order valence-electron chi connectivity index (χ1n) is 13.1. The Hall–Kier alpha value is -2.41. The fourth-order valence-electron chi connectivity index (χ4n) is 4.99. The van der Waals surface area contributed by atoms with Gasteiger partial charge in [-0.15, -0.1) is 0 Å². The minimum atomic E-state index is -2.70. The van der Waals surface area contributed by atoms with Crippen molar-refractivity contribution in [1.82, 2.24) is 0 Å². The molecule has 0 N–H and O–H groups in total. The van der Waals surface area contributed by atoms with Gasteiger partial charge in [-0.25, -0.2) is 0 Å². The maximum absolute atomic E-state index is 6.84. The minimum absolute atomic E-state index is 0.0733. The average molecular weight is 501 g/mol. The second-order valence-corrected chi connectivity index (χ2v) is 13.9. The molecular weight excluding hydrogens is 459 g/mol. The zero-order chi connectivity index (χ0) is 26.4. The van der Waals surface area contributed by atoms with Gasteiger partial charge in [-0.1, -0.05) is 109 Å². The molecule has 0 atom stereocenters. The highest BCUT2D eigenvalue weighted by Crippen LogP contribution is 2.43. The number of hydrogen-bond donors (Lipinski definition) is 0. The van der Waals surface area contributed by atoms with E-state index >= 15 is 0 Å². The first-order valence-corrected chi connectivity index (χ1v) is 14.5. The topological polar surface area (TPSA) is 27.7 Å². The zero-order valence-electron chi connectivity index (χ0n) is 23.7. The molecule has 0 spiro atoms. The molecule has 0 aromatic heterocycles. The molecule has 0 saturated heterocycles. The molecule has 0 saturated carbocycles. The van der Waals surface area contributed by atoms with E-state index in [9.17, 15) is 0 Å². The van der Waals surface area contributed by atoms with E-state index in [4.69, 9.17) is 11.4 Å². The lowest BCUT2D eigenvalue weighted by atomic mass is 9.81. The lowest BCUT2D eigenvalue weighted by Crippen LogP contribution is -2.40. The highest BCUT2D eigenvalue weighted by atomic mass is 27.3. The molecule has 1 heterocycles. The Morgan fingerprint density at radius 1 is 0.750 bits per heavy atom. The molecule has 3 nitrogen and oxygen atoms in total. The van der Waals surface area contributed by atoms with Gasteiger partial charge in [0.1, 0.15) is 0 Å². The van der Waals surface area contributed by atoms with Crippen molar-refractivity contribution in [3.63, 3.8) is 0 Å². The Morgan fingerprint density at radius 2 is 1.22 bits per heavy atom. The molecule has 36 heavy (non-hydrogen) atoms. The van der Waals surface area contributed by atoms with Crippen LogP contribution in [0.3, 0.4) is 0 Å². The standard InChI is InChI=1S/C23H32O2.C9H12O.Al/c1-14-9-16(20(24)18(11-14)22(3,4)5)13-17-10-15(2)12-19(21(17)25)23(6,7)8;1-7(2)8-5-3-4-6-9(8)10;/h9-12,24-25H,13H2,1-8H3;3-7,10H,1-2H3;/q;;+3/p-3. The van der Waals surface area contributed by atoms with Crippen LogP contribution in [0.25, 0.3) is 0 Å². The summed E-state index contributed by atoms with van der Waals surface area (Å²) < 4.78 is 20.4. The third-order valence-electron chi connectivity index (χ3n) is 6.81. The van der Waals surface area contributed by atoms with Gasteiger partial charge in [0.2, 0.25) is 0 Å². The Kier molecular flexibility index (Phi) is 7.26. The molecule has 1 aliphatic rings. The number of hydrogen-bond acceptors (Lipinski definition) is 3. The average Bonchev–Trinajstić information content (AvgIpc) is 2.74. The maximum Gasteiger partial charge on any atom is 1.20 e. The van der Waals surface area contributed by atoms with Crippen molar-refractivity contribution in [2.24, 2.45) is 0 Å². The van der Waals surface area contributed by atoms with Crippen LogP contribution in [0.4, 0.5) is 0 Å². The third-order valence-corrected chi connectivity index (χ3v) is 8.11. The SMILES string of the molecule is Cc1cc2c(c(C(C)(C)C)c1)[O][Al]([O]c1ccccc1C(C)C)[O]c1c(cc(C)cc1C(C)(C)C)C2. The van der Waals surface area contributed by atoms with E-state index in [1.807, 2.05) is 12.1 Å². The van der Waals surface area contributed by atoms with Crippen LogP contribution >= 0.6 is 0 Å². The van der Waals surface area contributed by atoms with E-state index in [0.717, 1.165) is 23.7 Å². The molecule has 190 valence electrons. The van der Waals surface area contributed by atoms with Gasteiger partial charge in [-0.2, -0.15) is 0 Å². The molecular formula is C32H41AlO3.